The highest BCUT2D eigenvalue weighted by molar-refractivity contribution is 9.10. The SMILES string of the molecule is CN(Cc1cccc(Br)c1)C(=O)[C@@H]1CC[C@H](C(=O)O)O1. The number of carbonyl (C=O) groups is 2. The van der Waals surface area contributed by atoms with E-state index in [0.717, 1.165) is 10.0 Å². The minimum absolute atomic E-state index is 0.172. The number of ether oxygens (including phenoxy) is 1. The summed E-state index contributed by atoms with van der Waals surface area (Å²) >= 11 is 3.39. The van der Waals surface area contributed by atoms with Gasteiger partial charge >= 0.3 is 5.97 Å². The number of carboxylic acid groups (broad SMARTS) is 1. The van der Waals surface area contributed by atoms with E-state index >= 15 is 0 Å². The molecule has 1 N–H and O–H groups in total. The lowest BCUT2D eigenvalue weighted by atomic mass is 10.1. The molecule has 1 heterocycles. The Kier molecular flexibility index (Phi) is 4.77. The summed E-state index contributed by atoms with van der Waals surface area (Å²) in [6.07, 6.45) is -0.661. The quantitative estimate of drug-likeness (QED) is 0.909. The lowest BCUT2D eigenvalue weighted by Crippen LogP contribution is -2.36. The molecular weight excluding hydrogens is 326 g/mol. The highest BCUT2D eigenvalue weighted by atomic mass is 79.9. The molecule has 2 rings (SSSR count). The maximum atomic E-state index is 12.2. The van der Waals surface area contributed by atoms with Crippen molar-refractivity contribution in [1.82, 2.24) is 4.90 Å². The largest absolute Gasteiger partial charge is 0.479 e. The Morgan fingerprint density at radius 2 is 2.10 bits per heavy atom. The highest BCUT2D eigenvalue weighted by Crippen LogP contribution is 2.22. The van der Waals surface area contributed by atoms with Crippen LogP contribution in [-0.4, -0.2) is 41.1 Å². The van der Waals surface area contributed by atoms with Crippen molar-refractivity contribution in [2.24, 2.45) is 0 Å². The third kappa shape index (κ3) is 3.58. The van der Waals surface area contributed by atoms with Crippen molar-refractivity contribution < 1.29 is 19.4 Å². The van der Waals surface area contributed by atoms with E-state index in [0.29, 0.717) is 19.4 Å². The van der Waals surface area contributed by atoms with E-state index in [-0.39, 0.29) is 5.91 Å². The summed E-state index contributed by atoms with van der Waals surface area (Å²) in [7, 11) is 1.70. The van der Waals surface area contributed by atoms with Crippen LogP contribution in [0.3, 0.4) is 0 Å². The lowest BCUT2D eigenvalue weighted by molar-refractivity contribution is -0.154. The smallest absolute Gasteiger partial charge is 0.332 e. The molecule has 0 aromatic heterocycles. The molecule has 0 saturated carbocycles. The summed E-state index contributed by atoms with van der Waals surface area (Å²) in [4.78, 5) is 24.6. The topological polar surface area (TPSA) is 66.8 Å². The zero-order chi connectivity index (χ0) is 14.7. The number of aliphatic carboxylic acids is 1. The van der Waals surface area contributed by atoms with Crippen LogP contribution in [0.5, 0.6) is 0 Å². The molecule has 0 radical (unpaired) electrons. The van der Waals surface area contributed by atoms with Crippen LogP contribution in [0.1, 0.15) is 18.4 Å². The second kappa shape index (κ2) is 6.37. The van der Waals surface area contributed by atoms with Crippen molar-refractivity contribution in [3.8, 4) is 0 Å². The fourth-order valence-corrected chi connectivity index (χ4v) is 2.68. The Bertz CT molecular complexity index is 520. The van der Waals surface area contributed by atoms with Crippen molar-refractivity contribution in [3.63, 3.8) is 0 Å². The fourth-order valence-electron chi connectivity index (χ4n) is 2.23. The summed E-state index contributed by atoms with van der Waals surface area (Å²) in [5, 5.41) is 8.86. The Labute approximate surface area is 125 Å². The number of carboxylic acids is 1. The number of benzene rings is 1. The Morgan fingerprint density at radius 1 is 1.40 bits per heavy atom. The second-order valence-corrected chi connectivity index (χ2v) is 5.77. The molecule has 1 amide bonds. The van der Waals surface area contributed by atoms with Crippen molar-refractivity contribution in [1.29, 1.82) is 0 Å². The molecule has 0 spiro atoms. The molecule has 108 valence electrons. The molecule has 5 nitrogen and oxygen atoms in total. The van der Waals surface area contributed by atoms with Gasteiger partial charge in [-0.1, -0.05) is 28.1 Å². The van der Waals surface area contributed by atoms with E-state index < -0.39 is 18.2 Å². The minimum Gasteiger partial charge on any atom is -0.479 e. The molecule has 0 bridgehead atoms. The van der Waals surface area contributed by atoms with Crippen molar-refractivity contribution in [3.05, 3.63) is 34.3 Å². The maximum Gasteiger partial charge on any atom is 0.332 e. The van der Waals surface area contributed by atoms with Gasteiger partial charge in [-0.05, 0) is 30.5 Å². The van der Waals surface area contributed by atoms with Crippen LogP contribution in [0.15, 0.2) is 28.7 Å². The summed E-state index contributed by atoms with van der Waals surface area (Å²) in [6.45, 7) is 0.468. The molecule has 2 atom stereocenters. The summed E-state index contributed by atoms with van der Waals surface area (Å²) < 4.78 is 6.22. The molecule has 6 heteroatoms. The van der Waals surface area contributed by atoms with Gasteiger partial charge in [0.25, 0.3) is 5.91 Å². The van der Waals surface area contributed by atoms with E-state index in [9.17, 15) is 9.59 Å². The highest BCUT2D eigenvalue weighted by Gasteiger charge is 2.35. The third-order valence-corrected chi connectivity index (χ3v) is 3.75. The van der Waals surface area contributed by atoms with Crippen molar-refractivity contribution in [2.75, 3.05) is 7.05 Å². The normalized spacial score (nSPS) is 21.7. The lowest BCUT2D eigenvalue weighted by Gasteiger charge is -2.21. The number of likely N-dealkylation sites (N-methyl/N-ethyl adjacent to an activating group) is 1. The van der Waals surface area contributed by atoms with Crippen LogP contribution in [0.2, 0.25) is 0 Å². The predicted octanol–water partition coefficient (Wildman–Crippen LogP) is 2.04. The van der Waals surface area contributed by atoms with Crippen LogP contribution >= 0.6 is 15.9 Å². The zero-order valence-electron chi connectivity index (χ0n) is 11.1. The van der Waals surface area contributed by atoms with Gasteiger partial charge in [0.2, 0.25) is 0 Å². The number of amides is 1. The van der Waals surface area contributed by atoms with E-state index in [1.54, 1.807) is 11.9 Å². The average molecular weight is 342 g/mol. The van der Waals surface area contributed by atoms with Gasteiger partial charge in [0.1, 0.15) is 6.10 Å². The number of rotatable bonds is 4. The van der Waals surface area contributed by atoms with Gasteiger partial charge in [0.15, 0.2) is 6.10 Å². The second-order valence-electron chi connectivity index (χ2n) is 4.85. The zero-order valence-corrected chi connectivity index (χ0v) is 12.7. The van der Waals surface area contributed by atoms with Gasteiger partial charge in [-0.2, -0.15) is 0 Å². The molecule has 1 aliphatic heterocycles. The first-order valence-electron chi connectivity index (χ1n) is 6.35. The monoisotopic (exact) mass is 341 g/mol. The summed E-state index contributed by atoms with van der Waals surface area (Å²) in [6, 6.07) is 7.70. The average Bonchev–Trinajstić information content (AvgIpc) is 2.87. The molecule has 0 unspecified atom stereocenters. The van der Waals surface area contributed by atoms with Crippen molar-refractivity contribution >= 4 is 27.8 Å². The number of hydrogen-bond acceptors (Lipinski definition) is 3. The summed E-state index contributed by atoms with van der Waals surface area (Å²) in [5.41, 5.74) is 1.00. The number of carbonyl (C=O) groups excluding carboxylic acids is 1. The minimum atomic E-state index is -1.00. The Morgan fingerprint density at radius 3 is 2.70 bits per heavy atom. The van der Waals surface area contributed by atoms with Gasteiger partial charge in [-0.3, -0.25) is 4.79 Å². The van der Waals surface area contributed by atoms with E-state index in [2.05, 4.69) is 15.9 Å². The van der Waals surface area contributed by atoms with E-state index in [4.69, 9.17) is 9.84 Å². The van der Waals surface area contributed by atoms with Crippen LogP contribution in [0.25, 0.3) is 0 Å². The van der Waals surface area contributed by atoms with Crippen LogP contribution < -0.4 is 0 Å². The predicted molar refractivity (Wildman–Crippen MR) is 76.1 cm³/mol. The van der Waals surface area contributed by atoms with Crippen LogP contribution in [0.4, 0.5) is 0 Å². The van der Waals surface area contributed by atoms with Gasteiger partial charge in [-0.25, -0.2) is 4.79 Å². The molecule has 1 saturated heterocycles. The molecule has 1 aromatic rings. The van der Waals surface area contributed by atoms with E-state index in [1.807, 2.05) is 24.3 Å². The van der Waals surface area contributed by atoms with Gasteiger partial charge in [0.05, 0.1) is 0 Å². The number of nitrogens with zero attached hydrogens (tertiary/aromatic N) is 1. The van der Waals surface area contributed by atoms with Crippen LogP contribution in [0, 0.1) is 0 Å². The first-order valence-corrected chi connectivity index (χ1v) is 7.14. The first kappa shape index (κ1) is 15.0. The Balaban J connectivity index is 1.94. The maximum absolute atomic E-state index is 12.2. The van der Waals surface area contributed by atoms with Crippen molar-refractivity contribution in [2.45, 2.75) is 31.6 Å². The van der Waals surface area contributed by atoms with E-state index in [1.165, 1.54) is 0 Å². The van der Waals surface area contributed by atoms with Gasteiger partial charge in [0, 0.05) is 18.1 Å². The molecule has 1 aromatic carbocycles. The third-order valence-electron chi connectivity index (χ3n) is 3.26. The van der Waals surface area contributed by atoms with Gasteiger partial charge < -0.3 is 14.7 Å². The molecule has 0 aliphatic carbocycles. The summed E-state index contributed by atoms with van der Waals surface area (Å²) in [5.74, 6) is -1.18. The van der Waals surface area contributed by atoms with Crippen LogP contribution in [-0.2, 0) is 20.9 Å². The molecule has 1 fully saturated rings. The number of halogens is 1. The molecular formula is C14H16BrNO4. The first-order chi connectivity index (χ1) is 9.47. The number of hydrogen-bond donors (Lipinski definition) is 1. The molecule has 1 aliphatic rings. The standard InChI is InChI=1S/C14H16BrNO4/c1-16(8-9-3-2-4-10(15)7-9)13(17)11-5-6-12(20-11)14(18)19/h2-4,7,11-12H,5-6,8H2,1H3,(H,18,19)/t11-,12+/m0/s1. The Hall–Kier alpha value is -1.40. The fraction of sp³-hybridized carbons (Fsp3) is 0.429. The van der Waals surface area contributed by atoms with Gasteiger partial charge in [-0.15, -0.1) is 0 Å². The molecule has 20 heavy (non-hydrogen) atoms.